The van der Waals surface area contributed by atoms with Gasteiger partial charge in [0.15, 0.2) is 0 Å². The second-order valence-electron chi connectivity index (χ2n) is 3.83. The summed E-state index contributed by atoms with van der Waals surface area (Å²) < 4.78 is 1.00. The molecule has 1 aromatic rings. The molecule has 1 aromatic carbocycles. The van der Waals surface area contributed by atoms with E-state index in [0.717, 1.165) is 22.1 Å². The lowest BCUT2D eigenvalue weighted by Gasteiger charge is -2.31. The van der Waals surface area contributed by atoms with E-state index in [0.29, 0.717) is 12.5 Å². The maximum Gasteiger partial charge on any atom is 0.411 e. The van der Waals surface area contributed by atoms with Gasteiger partial charge in [0.2, 0.25) is 0 Å². The summed E-state index contributed by atoms with van der Waals surface area (Å²) in [6.07, 6.45) is 0.0147. The minimum Gasteiger partial charge on any atom is -0.465 e. The van der Waals surface area contributed by atoms with Crippen LogP contribution in [-0.4, -0.2) is 17.7 Å². The summed E-state index contributed by atoms with van der Waals surface area (Å²) in [5.74, 6) is 0.424. The molecule has 1 aliphatic heterocycles. The second-order valence-corrected chi connectivity index (χ2v) is 4.74. The first kappa shape index (κ1) is 10.5. The summed E-state index contributed by atoms with van der Waals surface area (Å²) in [7, 11) is 0. The molecule has 1 N–H and O–H groups in total. The number of carbonyl (C=O) groups is 1. The molecular weight excluding hydrogens is 258 g/mol. The van der Waals surface area contributed by atoms with Crippen molar-refractivity contribution < 1.29 is 9.90 Å². The smallest absolute Gasteiger partial charge is 0.411 e. The van der Waals surface area contributed by atoms with Crippen molar-refractivity contribution >= 4 is 27.7 Å². The molecule has 0 aliphatic carbocycles. The fourth-order valence-electron chi connectivity index (χ4n) is 1.96. The van der Waals surface area contributed by atoms with Crippen molar-refractivity contribution in [1.29, 1.82) is 0 Å². The number of anilines is 1. The highest BCUT2D eigenvalue weighted by molar-refractivity contribution is 9.10. The summed E-state index contributed by atoms with van der Waals surface area (Å²) >= 11 is 3.41. The van der Waals surface area contributed by atoms with Crippen LogP contribution in [0.3, 0.4) is 0 Å². The van der Waals surface area contributed by atoms with Gasteiger partial charge in [-0.1, -0.05) is 22.9 Å². The first-order valence-electron chi connectivity index (χ1n) is 4.89. The van der Waals surface area contributed by atoms with Gasteiger partial charge >= 0.3 is 6.09 Å². The van der Waals surface area contributed by atoms with Gasteiger partial charge in [-0.2, -0.15) is 0 Å². The van der Waals surface area contributed by atoms with Gasteiger partial charge in [-0.05, 0) is 36.1 Å². The zero-order valence-corrected chi connectivity index (χ0v) is 9.99. The Kier molecular flexibility index (Phi) is 2.69. The summed E-state index contributed by atoms with van der Waals surface area (Å²) in [5, 5.41) is 9.05. The monoisotopic (exact) mass is 269 g/mol. The molecule has 0 radical (unpaired) electrons. The predicted octanol–water partition coefficient (Wildman–Crippen LogP) is 3.44. The van der Waals surface area contributed by atoms with Crippen LogP contribution in [-0.2, 0) is 0 Å². The van der Waals surface area contributed by atoms with Crippen molar-refractivity contribution in [3.05, 3.63) is 28.2 Å². The Bertz CT molecular complexity index is 406. The summed E-state index contributed by atoms with van der Waals surface area (Å²) in [6, 6.07) is 5.76. The van der Waals surface area contributed by atoms with Crippen molar-refractivity contribution in [2.45, 2.75) is 19.3 Å². The highest BCUT2D eigenvalue weighted by Gasteiger charge is 2.25. The molecule has 1 heterocycles. The number of fused-ring (bicyclic) bond motifs is 1. The minimum atomic E-state index is -0.870. The average Bonchev–Trinajstić information content (AvgIpc) is 2.19. The van der Waals surface area contributed by atoms with E-state index in [1.54, 1.807) is 0 Å². The first-order chi connectivity index (χ1) is 7.09. The quantitative estimate of drug-likeness (QED) is 0.784. The molecule has 0 fully saturated rings. The molecule has 0 aromatic heterocycles. The third kappa shape index (κ3) is 1.86. The topological polar surface area (TPSA) is 40.5 Å². The Morgan fingerprint density at radius 1 is 1.60 bits per heavy atom. The summed E-state index contributed by atoms with van der Waals surface area (Å²) in [6.45, 7) is 2.72. The molecule has 2 rings (SSSR count). The number of hydrogen-bond acceptors (Lipinski definition) is 1. The van der Waals surface area contributed by atoms with E-state index in [1.807, 2.05) is 18.2 Å². The zero-order chi connectivity index (χ0) is 11.0. The van der Waals surface area contributed by atoms with Crippen LogP contribution in [0.2, 0.25) is 0 Å². The number of benzene rings is 1. The van der Waals surface area contributed by atoms with Gasteiger partial charge in [0.25, 0.3) is 0 Å². The van der Waals surface area contributed by atoms with E-state index >= 15 is 0 Å². The average molecular weight is 270 g/mol. The van der Waals surface area contributed by atoms with Crippen LogP contribution in [0.4, 0.5) is 10.5 Å². The van der Waals surface area contributed by atoms with Gasteiger partial charge in [0, 0.05) is 11.0 Å². The van der Waals surface area contributed by atoms with Crippen molar-refractivity contribution in [3.63, 3.8) is 0 Å². The molecule has 4 heteroatoms. The molecule has 0 spiro atoms. The molecular formula is C11H12BrNO2. The van der Waals surface area contributed by atoms with E-state index in [9.17, 15) is 4.79 Å². The maximum atomic E-state index is 11.0. The number of nitrogens with zero attached hydrogens (tertiary/aromatic N) is 1. The molecule has 0 saturated carbocycles. The van der Waals surface area contributed by atoms with Crippen LogP contribution in [0.25, 0.3) is 0 Å². The minimum absolute atomic E-state index is 0.424. The van der Waals surface area contributed by atoms with E-state index in [1.165, 1.54) is 4.90 Å². The number of hydrogen-bond donors (Lipinski definition) is 1. The van der Waals surface area contributed by atoms with Crippen molar-refractivity contribution in [2.75, 3.05) is 11.4 Å². The van der Waals surface area contributed by atoms with E-state index < -0.39 is 6.09 Å². The Morgan fingerprint density at radius 2 is 2.33 bits per heavy atom. The van der Waals surface area contributed by atoms with E-state index in [4.69, 9.17) is 5.11 Å². The Morgan fingerprint density at radius 3 is 3.00 bits per heavy atom. The third-order valence-corrected chi connectivity index (χ3v) is 3.32. The molecule has 1 aliphatic rings. The summed E-state index contributed by atoms with van der Waals surface area (Å²) in [4.78, 5) is 12.4. The fraction of sp³-hybridized carbons (Fsp3) is 0.364. The van der Waals surface area contributed by atoms with Gasteiger partial charge in [0.05, 0.1) is 5.69 Å². The second kappa shape index (κ2) is 3.85. The van der Waals surface area contributed by atoms with Gasteiger partial charge in [-0.15, -0.1) is 0 Å². The van der Waals surface area contributed by atoms with Crippen LogP contribution in [0, 0.1) is 0 Å². The number of amides is 1. The third-order valence-electron chi connectivity index (χ3n) is 2.83. The normalized spacial score (nSPS) is 19.9. The highest BCUT2D eigenvalue weighted by Crippen LogP contribution is 2.36. The van der Waals surface area contributed by atoms with Crippen LogP contribution < -0.4 is 4.90 Å². The Labute approximate surface area is 96.8 Å². The maximum absolute atomic E-state index is 11.0. The number of halogens is 1. The SMILES string of the molecule is C[C@H]1CCN(C(=O)O)c2ccc(Br)cc21. The van der Waals surface area contributed by atoms with Gasteiger partial charge < -0.3 is 5.11 Å². The van der Waals surface area contributed by atoms with E-state index in [-0.39, 0.29) is 0 Å². The lowest BCUT2D eigenvalue weighted by Crippen LogP contribution is -2.35. The molecule has 80 valence electrons. The number of carboxylic acid groups (broad SMARTS) is 1. The van der Waals surface area contributed by atoms with Crippen LogP contribution in [0.15, 0.2) is 22.7 Å². The Hall–Kier alpha value is -1.03. The van der Waals surface area contributed by atoms with Gasteiger partial charge in [-0.25, -0.2) is 4.79 Å². The Balaban J connectivity index is 2.50. The van der Waals surface area contributed by atoms with E-state index in [2.05, 4.69) is 22.9 Å². The van der Waals surface area contributed by atoms with Crippen LogP contribution in [0.1, 0.15) is 24.8 Å². The molecule has 1 amide bonds. The van der Waals surface area contributed by atoms with Gasteiger partial charge in [-0.3, -0.25) is 4.90 Å². The predicted molar refractivity (Wildman–Crippen MR) is 62.5 cm³/mol. The first-order valence-corrected chi connectivity index (χ1v) is 5.69. The lowest BCUT2D eigenvalue weighted by molar-refractivity contribution is 0.201. The molecule has 3 nitrogen and oxygen atoms in total. The van der Waals surface area contributed by atoms with Crippen LogP contribution in [0.5, 0.6) is 0 Å². The highest BCUT2D eigenvalue weighted by atomic mass is 79.9. The van der Waals surface area contributed by atoms with Crippen molar-refractivity contribution in [3.8, 4) is 0 Å². The van der Waals surface area contributed by atoms with Crippen molar-refractivity contribution in [2.24, 2.45) is 0 Å². The zero-order valence-electron chi connectivity index (χ0n) is 8.40. The molecule has 0 saturated heterocycles. The largest absolute Gasteiger partial charge is 0.465 e. The molecule has 0 unspecified atom stereocenters. The lowest BCUT2D eigenvalue weighted by atomic mass is 9.92. The van der Waals surface area contributed by atoms with Gasteiger partial charge in [0.1, 0.15) is 0 Å². The standard InChI is InChI=1S/C11H12BrNO2/c1-7-4-5-13(11(14)15)10-3-2-8(12)6-9(7)10/h2-3,6-7H,4-5H2,1H3,(H,14,15)/t7-/m0/s1. The summed E-state index contributed by atoms with van der Waals surface area (Å²) in [5.41, 5.74) is 1.93. The molecule has 1 atom stereocenters. The van der Waals surface area contributed by atoms with Crippen LogP contribution >= 0.6 is 15.9 Å². The van der Waals surface area contributed by atoms with Crippen molar-refractivity contribution in [1.82, 2.24) is 0 Å². The molecule has 0 bridgehead atoms. The molecule has 15 heavy (non-hydrogen) atoms. The fourth-order valence-corrected chi connectivity index (χ4v) is 2.34. The number of rotatable bonds is 0.